The van der Waals surface area contributed by atoms with Gasteiger partial charge >= 0.3 is 7.05 Å². The molecule has 0 spiro atoms. The summed E-state index contributed by atoms with van der Waals surface area (Å²) in [7, 11) is 2.10. The second kappa shape index (κ2) is 5.95. The molecule has 2 nitrogen and oxygen atoms in total. The van der Waals surface area contributed by atoms with Crippen LogP contribution in [0.5, 0.6) is 5.75 Å². The van der Waals surface area contributed by atoms with Crippen LogP contribution in [0.25, 0.3) is 0 Å². The van der Waals surface area contributed by atoms with Crippen LogP contribution in [0.15, 0.2) is 36.4 Å². The van der Waals surface area contributed by atoms with E-state index in [0.717, 1.165) is 5.75 Å². The summed E-state index contributed by atoms with van der Waals surface area (Å²) >= 11 is 0. The van der Waals surface area contributed by atoms with Crippen LogP contribution in [-0.4, -0.2) is 14.1 Å². The van der Waals surface area contributed by atoms with Crippen LogP contribution in [0.2, 0.25) is 0 Å². The highest BCUT2D eigenvalue weighted by Crippen LogP contribution is 2.36. The molecule has 0 aliphatic carbocycles. The van der Waals surface area contributed by atoms with Crippen LogP contribution in [-0.2, 0) is 0 Å². The van der Waals surface area contributed by atoms with E-state index in [0.29, 0.717) is 11.8 Å². The van der Waals surface area contributed by atoms with Gasteiger partial charge < -0.3 is 9.47 Å². The number of hydrogen-bond acceptors (Lipinski definition) is 2. The van der Waals surface area contributed by atoms with Crippen LogP contribution in [0.1, 0.15) is 56.2 Å². The molecule has 120 valence electrons. The largest absolute Gasteiger partial charge is 0.536 e. The topological polar surface area (TPSA) is 12.5 Å². The van der Waals surface area contributed by atoms with Gasteiger partial charge in [-0.3, -0.25) is 0 Å². The number of fused-ring (bicyclic) bond motifs is 1. The number of anilines is 1. The summed E-state index contributed by atoms with van der Waals surface area (Å²) in [4.78, 5) is 2.27. The zero-order chi connectivity index (χ0) is 16.7. The molecule has 1 aliphatic rings. The number of rotatable bonds is 3. The third-order valence-corrected chi connectivity index (χ3v) is 4.75. The first-order chi connectivity index (χ1) is 10.9. The Morgan fingerprint density at radius 3 is 2.13 bits per heavy atom. The van der Waals surface area contributed by atoms with Crippen molar-refractivity contribution in [1.82, 2.24) is 0 Å². The molecule has 23 heavy (non-hydrogen) atoms. The molecular formula is C20H26BNO. The van der Waals surface area contributed by atoms with Crippen molar-refractivity contribution in [3.63, 3.8) is 0 Å². The minimum atomic E-state index is -0.0391. The molecule has 2 aromatic rings. The molecule has 0 radical (unpaired) electrons. The van der Waals surface area contributed by atoms with E-state index in [9.17, 15) is 0 Å². The Morgan fingerprint density at radius 1 is 0.957 bits per heavy atom. The summed E-state index contributed by atoms with van der Waals surface area (Å²) in [5.41, 5.74) is 6.56. The van der Waals surface area contributed by atoms with Crippen LogP contribution in [0, 0.1) is 6.92 Å². The minimum absolute atomic E-state index is 0.0391. The molecule has 0 saturated heterocycles. The van der Waals surface area contributed by atoms with Crippen molar-refractivity contribution < 1.29 is 4.65 Å². The van der Waals surface area contributed by atoms with E-state index in [1.54, 1.807) is 0 Å². The Hall–Kier alpha value is -1.90. The molecule has 0 aromatic heterocycles. The average Bonchev–Trinajstić information content (AvgIpc) is 2.83. The molecule has 0 N–H and O–H groups in total. The van der Waals surface area contributed by atoms with E-state index in [2.05, 4.69) is 82.9 Å². The second-order valence-corrected chi connectivity index (χ2v) is 7.21. The average molecular weight is 307 g/mol. The molecule has 0 atom stereocenters. The predicted octanol–water partition coefficient (Wildman–Crippen LogP) is 4.47. The molecule has 2 aromatic carbocycles. The maximum Gasteiger partial charge on any atom is 0.519 e. The van der Waals surface area contributed by atoms with Crippen LogP contribution < -0.4 is 14.9 Å². The van der Waals surface area contributed by atoms with Crippen molar-refractivity contribution >= 4 is 18.2 Å². The highest BCUT2D eigenvalue weighted by molar-refractivity contribution is 6.74. The fourth-order valence-corrected chi connectivity index (χ4v) is 3.47. The van der Waals surface area contributed by atoms with Gasteiger partial charge in [-0.1, -0.05) is 52.0 Å². The van der Waals surface area contributed by atoms with Gasteiger partial charge in [-0.15, -0.1) is 0 Å². The van der Waals surface area contributed by atoms with Gasteiger partial charge in [0, 0.05) is 0 Å². The lowest BCUT2D eigenvalue weighted by molar-refractivity contribution is 0.600. The Morgan fingerprint density at radius 2 is 1.57 bits per heavy atom. The Labute approximate surface area is 140 Å². The molecule has 1 aliphatic heterocycles. The van der Waals surface area contributed by atoms with E-state index < -0.39 is 0 Å². The van der Waals surface area contributed by atoms with Gasteiger partial charge in [-0.2, -0.15) is 0 Å². The van der Waals surface area contributed by atoms with Crippen LogP contribution in [0.3, 0.4) is 0 Å². The van der Waals surface area contributed by atoms with Crippen molar-refractivity contribution in [2.45, 2.75) is 46.5 Å². The Bertz CT molecular complexity index is 697. The maximum absolute atomic E-state index is 6.37. The smallest absolute Gasteiger partial charge is 0.519 e. The standard InChI is InChI=1S/C20H26BNO/c1-13(2)16-8-7-9-17(14(3)4)20(16)21-22(6)18-12-15(5)10-11-19(18)23-21/h7-14H,1-6H3. The number of hydrogen-bond donors (Lipinski definition) is 0. The second-order valence-electron chi connectivity index (χ2n) is 7.21. The molecule has 3 rings (SSSR count). The van der Waals surface area contributed by atoms with E-state index >= 15 is 0 Å². The summed E-state index contributed by atoms with van der Waals surface area (Å²) in [6.45, 7) is 11.2. The fraction of sp³-hybridized carbons (Fsp3) is 0.400. The van der Waals surface area contributed by atoms with Gasteiger partial charge in [0.15, 0.2) is 0 Å². The van der Waals surface area contributed by atoms with E-state index in [4.69, 9.17) is 4.65 Å². The molecule has 0 saturated carbocycles. The molecule has 1 heterocycles. The van der Waals surface area contributed by atoms with E-state index in [-0.39, 0.29) is 7.05 Å². The molecule has 0 amide bonds. The van der Waals surface area contributed by atoms with Gasteiger partial charge in [-0.05, 0) is 60.1 Å². The van der Waals surface area contributed by atoms with Gasteiger partial charge in [0.1, 0.15) is 5.75 Å². The quantitative estimate of drug-likeness (QED) is 0.776. The highest BCUT2D eigenvalue weighted by Gasteiger charge is 2.39. The van der Waals surface area contributed by atoms with Gasteiger partial charge in [0.05, 0.1) is 5.69 Å². The minimum Gasteiger partial charge on any atom is -0.536 e. The van der Waals surface area contributed by atoms with Gasteiger partial charge in [-0.25, -0.2) is 0 Å². The van der Waals surface area contributed by atoms with Crippen molar-refractivity contribution in [2.75, 3.05) is 11.9 Å². The lowest BCUT2D eigenvalue weighted by Gasteiger charge is -2.25. The normalized spacial score (nSPS) is 13.7. The molecule has 0 bridgehead atoms. The zero-order valence-electron chi connectivity index (χ0n) is 15.1. The van der Waals surface area contributed by atoms with E-state index in [1.165, 1.54) is 27.8 Å². The molecule has 0 fully saturated rings. The van der Waals surface area contributed by atoms with Crippen molar-refractivity contribution in [1.29, 1.82) is 0 Å². The fourth-order valence-electron chi connectivity index (χ4n) is 3.47. The van der Waals surface area contributed by atoms with Crippen molar-refractivity contribution in [3.05, 3.63) is 53.1 Å². The predicted molar refractivity (Wildman–Crippen MR) is 100 cm³/mol. The number of aryl methyl sites for hydroxylation is 1. The molecule has 0 unspecified atom stereocenters. The highest BCUT2D eigenvalue weighted by atomic mass is 16.5. The van der Waals surface area contributed by atoms with Crippen LogP contribution in [0.4, 0.5) is 5.69 Å². The summed E-state index contributed by atoms with van der Waals surface area (Å²) in [6.07, 6.45) is 0. The first-order valence-corrected chi connectivity index (χ1v) is 8.53. The first kappa shape index (κ1) is 16.0. The first-order valence-electron chi connectivity index (χ1n) is 8.53. The summed E-state index contributed by atoms with van der Waals surface area (Å²) in [5.74, 6) is 1.94. The third-order valence-electron chi connectivity index (χ3n) is 4.75. The number of nitrogens with zero attached hydrogens (tertiary/aromatic N) is 1. The van der Waals surface area contributed by atoms with Crippen molar-refractivity contribution in [3.8, 4) is 5.75 Å². The maximum atomic E-state index is 6.37. The summed E-state index contributed by atoms with van der Waals surface area (Å²) in [5, 5.41) is 0. The summed E-state index contributed by atoms with van der Waals surface area (Å²) in [6, 6.07) is 13.1. The SMILES string of the molecule is Cc1ccc2c(c1)N(C)B(c1c(C(C)C)cccc1C(C)C)O2. The zero-order valence-corrected chi connectivity index (χ0v) is 15.1. The summed E-state index contributed by atoms with van der Waals surface area (Å²) < 4.78 is 6.37. The van der Waals surface area contributed by atoms with Gasteiger partial charge in [0.2, 0.25) is 0 Å². The lowest BCUT2D eigenvalue weighted by atomic mass is 9.64. The molecular weight excluding hydrogens is 281 g/mol. The monoisotopic (exact) mass is 307 g/mol. The Balaban J connectivity index is 2.13. The van der Waals surface area contributed by atoms with E-state index in [1.807, 2.05) is 0 Å². The Kier molecular flexibility index (Phi) is 4.14. The van der Waals surface area contributed by atoms with Gasteiger partial charge in [0.25, 0.3) is 0 Å². The molecule has 3 heteroatoms. The van der Waals surface area contributed by atoms with Crippen LogP contribution >= 0.6 is 0 Å². The van der Waals surface area contributed by atoms with Crippen molar-refractivity contribution in [2.24, 2.45) is 0 Å². The third kappa shape index (κ3) is 2.73. The number of benzene rings is 2. The lowest BCUT2D eigenvalue weighted by Crippen LogP contribution is -2.50.